The number of carbonyl (C=O) groups is 1. The van der Waals surface area contributed by atoms with Crippen molar-refractivity contribution in [2.45, 2.75) is 0 Å². The van der Waals surface area contributed by atoms with Gasteiger partial charge in [-0.3, -0.25) is 4.79 Å². The van der Waals surface area contributed by atoms with E-state index in [0.717, 1.165) is 0 Å². The van der Waals surface area contributed by atoms with E-state index in [4.69, 9.17) is 18.9 Å². The van der Waals surface area contributed by atoms with E-state index in [1.165, 1.54) is 76.3 Å². The molecule has 2 rings (SSSR count). The Morgan fingerprint density at radius 2 is 1.23 bits per heavy atom. The highest BCUT2D eigenvalue weighted by molar-refractivity contribution is 7.95. The van der Waals surface area contributed by atoms with Crippen LogP contribution in [0.5, 0.6) is 34.5 Å². The van der Waals surface area contributed by atoms with Gasteiger partial charge in [-0.1, -0.05) is 0 Å². The molecule has 0 amide bonds. The predicted molar refractivity (Wildman–Crippen MR) is 119 cm³/mol. The standard InChI is InChI=1S/C22H24O8S/c1-27-19-9-15(24)10-20(28-2)17(19)6-5-14(23)13-31(26)8-7-18-21(29-3)11-16(25)12-22(18)30-4/h5-12,24-25H,13H2,1-4H3/b6-5+,8-7-. The van der Waals surface area contributed by atoms with Crippen molar-refractivity contribution in [2.75, 3.05) is 34.2 Å². The molecule has 0 saturated heterocycles. The molecular formula is C22H24O8S. The van der Waals surface area contributed by atoms with Crippen LogP contribution in [0, 0.1) is 0 Å². The minimum Gasteiger partial charge on any atom is -0.612 e. The molecule has 8 nitrogen and oxygen atoms in total. The van der Waals surface area contributed by atoms with Gasteiger partial charge in [-0.05, 0) is 23.3 Å². The van der Waals surface area contributed by atoms with Crippen LogP contribution in [0.25, 0.3) is 12.2 Å². The number of hydrogen-bond donors (Lipinski definition) is 2. The largest absolute Gasteiger partial charge is 0.612 e. The first-order valence-electron chi connectivity index (χ1n) is 8.99. The zero-order valence-electron chi connectivity index (χ0n) is 17.6. The van der Waals surface area contributed by atoms with Crippen molar-refractivity contribution >= 4 is 29.1 Å². The van der Waals surface area contributed by atoms with Gasteiger partial charge in [-0.2, -0.15) is 0 Å². The topological polar surface area (TPSA) is 118 Å². The van der Waals surface area contributed by atoms with E-state index in [2.05, 4.69) is 0 Å². The number of phenolic OH excluding ortho intramolecular Hbond substituents is 2. The number of benzene rings is 2. The first kappa shape index (κ1) is 24.0. The van der Waals surface area contributed by atoms with Gasteiger partial charge >= 0.3 is 0 Å². The van der Waals surface area contributed by atoms with E-state index in [0.29, 0.717) is 34.1 Å². The fourth-order valence-electron chi connectivity index (χ4n) is 2.74. The maximum absolute atomic E-state index is 12.4. The molecule has 0 radical (unpaired) electrons. The van der Waals surface area contributed by atoms with Gasteiger partial charge in [0.05, 0.1) is 39.6 Å². The van der Waals surface area contributed by atoms with Crippen LogP contribution in [-0.2, 0) is 16.0 Å². The van der Waals surface area contributed by atoms with Crippen LogP contribution in [-0.4, -0.2) is 54.7 Å². The van der Waals surface area contributed by atoms with Crippen LogP contribution in [0.2, 0.25) is 0 Å². The van der Waals surface area contributed by atoms with E-state index in [1.807, 2.05) is 0 Å². The normalized spacial score (nSPS) is 12.2. The molecule has 166 valence electrons. The second-order valence-electron chi connectivity index (χ2n) is 6.16. The zero-order valence-corrected chi connectivity index (χ0v) is 18.4. The minimum atomic E-state index is -1.61. The SMILES string of the molecule is COc1cc(O)cc(OC)c1/C=C\[S+]([O-])CC(=O)/C=C/c1c(OC)cc(O)cc1OC. The highest BCUT2D eigenvalue weighted by Crippen LogP contribution is 2.35. The van der Waals surface area contributed by atoms with Gasteiger partial charge in [0.2, 0.25) is 5.78 Å². The summed E-state index contributed by atoms with van der Waals surface area (Å²) in [5.41, 5.74) is 0.953. The van der Waals surface area contributed by atoms with Crippen LogP contribution in [0.15, 0.2) is 35.7 Å². The first-order valence-corrected chi connectivity index (χ1v) is 10.4. The number of aromatic hydroxyl groups is 2. The summed E-state index contributed by atoms with van der Waals surface area (Å²) in [6, 6.07) is 5.59. The predicted octanol–water partition coefficient (Wildman–Crippen LogP) is 3.13. The smallest absolute Gasteiger partial charge is 0.205 e. The third kappa shape index (κ3) is 6.34. The molecular weight excluding hydrogens is 424 g/mol. The summed E-state index contributed by atoms with van der Waals surface area (Å²) in [7, 11) is 5.73. The van der Waals surface area contributed by atoms with Crippen LogP contribution >= 0.6 is 0 Å². The monoisotopic (exact) mass is 448 g/mol. The van der Waals surface area contributed by atoms with Crippen molar-refractivity contribution < 1.29 is 38.5 Å². The molecule has 2 N–H and O–H groups in total. The molecule has 9 heteroatoms. The molecule has 2 aromatic rings. The molecule has 0 aliphatic carbocycles. The number of carbonyl (C=O) groups excluding carboxylic acids is 1. The molecule has 0 saturated carbocycles. The van der Waals surface area contributed by atoms with Gasteiger partial charge in [0, 0.05) is 30.3 Å². The van der Waals surface area contributed by atoms with Crippen molar-refractivity contribution in [2.24, 2.45) is 0 Å². The number of hydrogen-bond acceptors (Lipinski definition) is 8. The minimum absolute atomic E-state index is 0.0348. The van der Waals surface area contributed by atoms with Crippen molar-refractivity contribution in [1.29, 1.82) is 0 Å². The van der Waals surface area contributed by atoms with E-state index in [9.17, 15) is 19.6 Å². The molecule has 0 aliphatic rings. The fourth-order valence-corrected chi connectivity index (χ4v) is 3.50. The Hall–Kier alpha value is -3.30. The lowest BCUT2D eigenvalue weighted by Crippen LogP contribution is -2.11. The quantitative estimate of drug-likeness (QED) is 0.421. The van der Waals surface area contributed by atoms with Gasteiger partial charge in [0.15, 0.2) is 5.75 Å². The van der Waals surface area contributed by atoms with E-state index < -0.39 is 11.2 Å². The highest BCUT2D eigenvalue weighted by atomic mass is 32.2. The molecule has 1 atom stereocenters. The van der Waals surface area contributed by atoms with Crippen molar-refractivity contribution in [1.82, 2.24) is 0 Å². The number of ether oxygens (including phenoxy) is 4. The van der Waals surface area contributed by atoms with Crippen LogP contribution < -0.4 is 18.9 Å². The fraction of sp³-hybridized carbons (Fsp3) is 0.227. The Kier molecular flexibility index (Phi) is 8.65. The summed E-state index contributed by atoms with van der Waals surface area (Å²) in [5.74, 6) is 0.617. The van der Waals surface area contributed by atoms with E-state index in [-0.39, 0.29) is 23.0 Å². The molecule has 0 spiro atoms. The third-order valence-electron chi connectivity index (χ3n) is 4.16. The molecule has 31 heavy (non-hydrogen) atoms. The molecule has 0 aromatic heterocycles. The maximum atomic E-state index is 12.4. The lowest BCUT2D eigenvalue weighted by molar-refractivity contribution is -0.112. The third-order valence-corrected chi connectivity index (χ3v) is 5.17. The highest BCUT2D eigenvalue weighted by Gasteiger charge is 2.14. The lowest BCUT2D eigenvalue weighted by atomic mass is 10.1. The van der Waals surface area contributed by atoms with Gasteiger partial charge < -0.3 is 33.7 Å². The zero-order chi connectivity index (χ0) is 23.0. The summed E-state index contributed by atoms with van der Waals surface area (Å²) in [6.45, 7) is 0. The number of rotatable bonds is 10. The molecule has 0 aliphatic heterocycles. The summed E-state index contributed by atoms with van der Waals surface area (Å²) < 4.78 is 33.2. The van der Waals surface area contributed by atoms with Crippen molar-refractivity contribution in [3.8, 4) is 34.5 Å². The second kappa shape index (κ2) is 11.2. The van der Waals surface area contributed by atoms with Gasteiger partial charge in [0.25, 0.3) is 0 Å². The number of ketones is 1. The molecule has 1 unspecified atom stereocenters. The molecule has 0 bridgehead atoms. The van der Waals surface area contributed by atoms with E-state index in [1.54, 1.807) is 0 Å². The van der Waals surface area contributed by atoms with Crippen LogP contribution in [0.4, 0.5) is 0 Å². The Balaban J connectivity index is 2.14. The Morgan fingerprint density at radius 1 is 0.839 bits per heavy atom. The summed E-state index contributed by atoms with van der Waals surface area (Å²) in [6.07, 6.45) is 4.26. The lowest BCUT2D eigenvalue weighted by Gasteiger charge is -2.11. The second-order valence-corrected chi connectivity index (χ2v) is 7.48. The molecule has 0 fully saturated rings. The van der Waals surface area contributed by atoms with Gasteiger partial charge in [0.1, 0.15) is 39.9 Å². The average molecular weight is 448 g/mol. The van der Waals surface area contributed by atoms with Crippen LogP contribution in [0.1, 0.15) is 11.1 Å². The first-order chi connectivity index (χ1) is 14.8. The number of allylic oxidation sites excluding steroid dienone is 1. The van der Waals surface area contributed by atoms with Gasteiger partial charge in [-0.25, -0.2) is 0 Å². The van der Waals surface area contributed by atoms with Gasteiger partial charge in [-0.15, -0.1) is 0 Å². The summed E-state index contributed by atoms with van der Waals surface area (Å²) in [5, 5.41) is 20.7. The number of phenols is 2. The Morgan fingerprint density at radius 3 is 1.61 bits per heavy atom. The molecule has 0 heterocycles. The van der Waals surface area contributed by atoms with E-state index >= 15 is 0 Å². The number of methoxy groups -OCH3 is 4. The summed E-state index contributed by atoms with van der Waals surface area (Å²) >= 11 is -1.61. The van der Waals surface area contributed by atoms with Crippen molar-refractivity contribution in [3.63, 3.8) is 0 Å². The molecule has 2 aromatic carbocycles. The van der Waals surface area contributed by atoms with Crippen molar-refractivity contribution in [3.05, 3.63) is 46.9 Å². The average Bonchev–Trinajstić information content (AvgIpc) is 2.75. The Bertz CT molecular complexity index is 933. The maximum Gasteiger partial charge on any atom is 0.205 e. The van der Waals surface area contributed by atoms with Crippen LogP contribution in [0.3, 0.4) is 0 Å². The summed E-state index contributed by atoms with van der Waals surface area (Å²) in [4.78, 5) is 12.3. The Labute approximate surface area is 183 Å².